The minimum absolute atomic E-state index is 0.0210. The zero-order valence-corrected chi connectivity index (χ0v) is 16.6. The van der Waals surface area contributed by atoms with Gasteiger partial charge in [-0.3, -0.25) is 4.79 Å². The number of hydrogen-bond acceptors (Lipinski definition) is 4. The maximum Gasteiger partial charge on any atom is 0.223 e. The molecule has 5 heteroatoms. The number of allylic oxidation sites excluding steroid dienone is 2. The van der Waals surface area contributed by atoms with Crippen molar-refractivity contribution in [3.8, 4) is 0 Å². The predicted octanol–water partition coefficient (Wildman–Crippen LogP) is 3.49. The van der Waals surface area contributed by atoms with E-state index in [1.165, 1.54) is 6.42 Å². The summed E-state index contributed by atoms with van der Waals surface area (Å²) in [6.07, 6.45) is 6.18. The lowest BCUT2D eigenvalue weighted by Gasteiger charge is -2.29. The van der Waals surface area contributed by atoms with Crippen molar-refractivity contribution in [3.05, 3.63) is 23.4 Å². The molecule has 0 bridgehead atoms. The molecule has 0 aromatic carbocycles. The van der Waals surface area contributed by atoms with Crippen LogP contribution >= 0.6 is 0 Å². The van der Waals surface area contributed by atoms with Gasteiger partial charge in [-0.1, -0.05) is 47.1 Å². The quantitative estimate of drug-likeness (QED) is 0.687. The minimum Gasteiger partial charge on any atom is -0.402 e. The fourth-order valence-corrected chi connectivity index (χ4v) is 2.03. The van der Waals surface area contributed by atoms with Crippen molar-refractivity contribution in [3.63, 3.8) is 0 Å². The highest BCUT2D eigenvalue weighted by Gasteiger charge is 2.23. The van der Waals surface area contributed by atoms with E-state index in [-0.39, 0.29) is 11.3 Å². The largest absolute Gasteiger partial charge is 0.402 e. The molecule has 0 aliphatic carbocycles. The molecule has 0 unspecified atom stereocenters. The van der Waals surface area contributed by atoms with Crippen molar-refractivity contribution in [1.82, 2.24) is 4.90 Å². The number of hydrogen-bond donors (Lipinski definition) is 3. The number of nitrogens with two attached hydrogens (primary N) is 1. The Hall–Kier alpha value is -1.62. The lowest BCUT2D eigenvalue weighted by molar-refractivity contribution is -0.132. The number of carbonyl (C=O) groups is 1. The Morgan fingerprint density at radius 2 is 1.88 bits per heavy atom. The van der Waals surface area contributed by atoms with Crippen molar-refractivity contribution in [2.24, 2.45) is 11.1 Å². The summed E-state index contributed by atoms with van der Waals surface area (Å²) in [5.74, 6) is 0.194. The summed E-state index contributed by atoms with van der Waals surface area (Å²) in [5.41, 5.74) is 7.67. The minimum atomic E-state index is 0.0210. The first kappa shape index (κ1) is 24.6. The Bertz CT molecular complexity index is 442. The topological polar surface area (TPSA) is 90.4 Å². The summed E-state index contributed by atoms with van der Waals surface area (Å²) in [6, 6.07) is 0. The number of nitrogens with zero attached hydrogens (tertiary/aromatic N) is 1. The van der Waals surface area contributed by atoms with Crippen molar-refractivity contribution in [1.29, 1.82) is 5.41 Å². The molecule has 1 aliphatic heterocycles. The molecule has 0 saturated carbocycles. The molecule has 1 amide bonds. The molecule has 0 atom stereocenters. The van der Waals surface area contributed by atoms with Crippen LogP contribution in [0, 0.1) is 10.8 Å². The van der Waals surface area contributed by atoms with Crippen LogP contribution in [-0.4, -0.2) is 41.8 Å². The van der Waals surface area contributed by atoms with Crippen LogP contribution in [-0.2, 0) is 4.79 Å². The number of aliphatic hydroxyl groups excluding tert-OH is 1. The third-order valence-electron chi connectivity index (χ3n) is 2.96. The summed E-state index contributed by atoms with van der Waals surface area (Å²) in [6.45, 7) is 13.5. The standard InChI is InChI=1S/C15H25N3O.C3H8.CH4O/c1-11(16)9-13(17)12-5-7-18(8-6-12)14(19)10-15(2,3)4;1-3-2;1-2/h5,9,17H,6-8,10,16H2,1-4H3;3H2,1-2H3;2H,1H3/b11-9-,17-13?;;. The van der Waals surface area contributed by atoms with Gasteiger partial charge in [-0.05, 0) is 30.4 Å². The van der Waals surface area contributed by atoms with Crippen molar-refractivity contribution < 1.29 is 9.90 Å². The average molecular weight is 340 g/mol. The molecule has 0 saturated heterocycles. The SMILES string of the molecule is C/C(N)=C/C(=N)C1=CCN(C(=O)CC(C)(C)C)CC1.CCC.CO. The van der Waals surface area contributed by atoms with E-state index in [1.807, 2.05) is 11.0 Å². The number of amides is 1. The van der Waals surface area contributed by atoms with Gasteiger partial charge >= 0.3 is 0 Å². The van der Waals surface area contributed by atoms with Crippen molar-refractivity contribution in [2.45, 2.75) is 60.8 Å². The van der Waals surface area contributed by atoms with Crippen LogP contribution in [0.15, 0.2) is 23.4 Å². The van der Waals surface area contributed by atoms with Gasteiger partial charge < -0.3 is 21.1 Å². The van der Waals surface area contributed by atoms with Crippen molar-refractivity contribution >= 4 is 11.6 Å². The predicted molar refractivity (Wildman–Crippen MR) is 103 cm³/mol. The Morgan fingerprint density at radius 1 is 1.38 bits per heavy atom. The van der Waals surface area contributed by atoms with Gasteiger partial charge in [0.1, 0.15) is 0 Å². The molecule has 1 aliphatic rings. The Morgan fingerprint density at radius 3 is 2.21 bits per heavy atom. The second kappa shape index (κ2) is 12.8. The van der Waals surface area contributed by atoms with E-state index in [0.29, 0.717) is 30.9 Å². The van der Waals surface area contributed by atoms with Crippen LogP contribution < -0.4 is 5.73 Å². The zero-order chi connectivity index (χ0) is 19.3. The van der Waals surface area contributed by atoms with Crippen molar-refractivity contribution in [2.75, 3.05) is 20.2 Å². The lowest BCUT2D eigenvalue weighted by atomic mass is 9.91. The summed E-state index contributed by atoms with van der Waals surface area (Å²) in [7, 11) is 1.00. The maximum atomic E-state index is 12.1. The smallest absolute Gasteiger partial charge is 0.223 e. The molecular formula is C19H37N3O2. The molecule has 24 heavy (non-hydrogen) atoms. The monoisotopic (exact) mass is 339 g/mol. The second-order valence-electron chi connectivity index (χ2n) is 7.07. The summed E-state index contributed by atoms with van der Waals surface area (Å²) < 4.78 is 0. The molecule has 0 fully saturated rings. The van der Waals surface area contributed by atoms with E-state index >= 15 is 0 Å². The van der Waals surface area contributed by atoms with Gasteiger partial charge in [0.15, 0.2) is 0 Å². The summed E-state index contributed by atoms with van der Waals surface area (Å²) in [4.78, 5) is 13.9. The lowest BCUT2D eigenvalue weighted by Crippen LogP contribution is -2.37. The molecule has 0 spiro atoms. The summed E-state index contributed by atoms with van der Waals surface area (Å²) >= 11 is 0. The molecule has 5 nitrogen and oxygen atoms in total. The second-order valence-corrected chi connectivity index (χ2v) is 7.07. The third-order valence-corrected chi connectivity index (χ3v) is 2.96. The number of rotatable bonds is 3. The van der Waals surface area contributed by atoms with Gasteiger partial charge in [0.2, 0.25) is 5.91 Å². The van der Waals surface area contributed by atoms with Gasteiger partial charge in [0, 0.05) is 32.3 Å². The fourth-order valence-electron chi connectivity index (χ4n) is 2.03. The van der Waals surface area contributed by atoms with Gasteiger partial charge in [-0.15, -0.1) is 0 Å². The first-order valence-corrected chi connectivity index (χ1v) is 8.55. The Kier molecular flexibility index (Phi) is 13.1. The van der Waals surface area contributed by atoms with Crippen LogP contribution in [0.3, 0.4) is 0 Å². The molecule has 1 heterocycles. The van der Waals surface area contributed by atoms with E-state index in [1.54, 1.807) is 13.0 Å². The van der Waals surface area contributed by atoms with E-state index in [4.69, 9.17) is 16.2 Å². The van der Waals surface area contributed by atoms with Crippen LogP contribution in [0.25, 0.3) is 0 Å². The number of nitrogens with one attached hydrogen (secondary N) is 1. The molecule has 1 rings (SSSR count). The van der Waals surface area contributed by atoms with E-state index in [9.17, 15) is 4.79 Å². The highest BCUT2D eigenvalue weighted by atomic mass is 16.2. The molecule has 0 aromatic heterocycles. The third kappa shape index (κ3) is 11.9. The summed E-state index contributed by atoms with van der Waals surface area (Å²) in [5, 5.41) is 14.9. The highest BCUT2D eigenvalue weighted by molar-refractivity contribution is 6.06. The van der Waals surface area contributed by atoms with Crippen LogP contribution in [0.5, 0.6) is 0 Å². The van der Waals surface area contributed by atoms with E-state index in [0.717, 1.165) is 19.1 Å². The first-order chi connectivity index (χ1) is 11.1. The zero-order valence-electron chi connectivity index (χ0n) is 16.6. The molecule has 4 N–H and O–H groups in total. The highest BCUT2D eigenvalue weighted by Crippen LogP contribution is 2.21. The Balaban J connectivity index is 0. The van der Waals surface area contributed by atoms with Crippen LogP contribution in [0.4, 0.5) is 0 Å². The van der Waals surface area contributed by atoms with Gasteiger partial charge in [0.05, 0.1) is 5.71 Å². The molecular weight excluding hydrogens is 302 g/mol. The van der Waals surface area contributed by atoms with Gasteiger partial charge in [-0.2, -0.15) is 0 Å². The Labute approximate surface area is 148 Å². The molecule has 140 valence electrons. The average Bonchev–Trinajstić information content (AvgIpc) is 2.48. The first-order valence-electron chi connectivity index (χ1n) is 8.55. The number of carbonyl (C=O) groups excluding carboxylic acids is 1. The normalized spacial score (nSPS) is 14.6. The van der Waals surface area contributed by atoms with Gasteiger partial charge in [0.25, 0.3) is 0 Å². The van der Waals surface area contributed by atoms with E-state index in [2.05, 4.69) is 34.6 Å². The van der Waals surface area contributed by atoms with Gasteiger partial charge in [-0.25, -0.2) is 0 Å². The van der Waals surface area contributed by atoms with Crippen LogP contribution in [0.1, 0.15) is 60.8 Å². The number of aliphatic hydroxyl groups is 1. The maximum absolute atomic E-state index is 12.1. The van der Waals surface area contributed by atoms with Crippen LogP contribution in [0.2, 0.25) is 0 Å². The molecule has 0 radical (unpaired) electrons. The van der Waals surface area contributed by atoms with E-state index < -0.39 is 0 Å². The molecule has 0 aromatic rings. The fraction of sp³-hybridized carbons (Fsp3) is 0.684.